The first kappa shape index (κ1) is 23.1. The van der Waals surface area contributed by atoms with Crippen LogP contribution in [0.3, 0.4) is 0 Å². The van der Waals surface area contributed by atoms with E-state index in [1.807, 2.05) is 24.3 Å². The van der Waals surface area contributed by atoms with Gasteiger partial charge in [0.1, 0.15) is 0 Å². The molecule has 1 aromatic heterocycles. The second-order valence-corrected chi connectivity index (χ2v) is 8.85. The van der Waals surface area contributed by atoms with Gasteiger partial charge < -0.3 is 18.9 Å². The highest BCUT2D eigenvalue weighted by atomic mass is 16.5. The minimum Gasteiger partial charge on any atom is -0.493 e. The summed E-state index contributed by atoms with van der Waals surface area (Å²) in [6.45, 7) is 0. The molecule has 1 aliphatic carbocycles. The Bertz CT molecular complexity index is 1050. The molecule has 0 amide bonds. The van der Waals surface area contributed by atoms with Crippen molar-refractivity contribution in [1.29, 1.82) is 0 Å². The van der Waals surface area contributed by atoms with E-state index in [1.165, 1.54) is 31.2 Å². The van der Waals surface area contributed by atoms with Crippen molar-refractivity contribution in [1.82, 2.24) is 15.0 Å². The molecule has 0 radical (unpaired) electrons. The van der Waals surface area contributed by atoms with Crippen LogP contribution in [0.4, 0.5) is 0 Å². The fraction of sp³-hybridized carbons (Fsp3) is 0.407. The van der Waals surface area contributed by atoms with Crippen molar-refractivity contribution >= 4 is 6.08 Å². The van der Waals surface area contributed by atoms with Crippen LogP contribution in [0.25, 0.3) is 17.5 Å². The average molecular weight is 448 g/mol. The Morgan fingerprint density at radius 2 is 1.73 bits per heavy atom. The summed E-state index contributed by atoms with van der Waals surface area (Å²) >= 11 is 0. The summed E-state index contributed by atoms with van der Waals surface area (Å²) in [4.78, 5) is 6.91. The van der Waals surface area contributed by atoms with Gasteiger partial charge in [0.25, 0.3) is 5.89 Å². The molecule has 3 aromatic rings. The second-order valence-electron chi connectivity index (χ2n) is 8.85. The van der Waals surface area contributed by atoms with E-state index >= 15 is 0 Å². The molecule has 1 unspecified atom stereocenters. The second kappa shape index (κ2) is 10.7. The molecule has 0 spiro atoms. The number of hydrogen-bond acceptors (Lipinski definition) is 6. The maximum Gasteiger partial charge on any atom is 0.250 e. The smallest absolute Gasteiger partial charge is 0.250 e. The number of ether oxygens (including phenoxy) is 2. The summed E-state index contributed by atoms with van der Waals surface area (Å²) in [5.41, 5.74) is 2.16. The largest absolute Gasteiger partial charge is 0.493 e. The molecule has 0 aliphatic heterocycles. The molecule has 1 saturated carbocycles. The molecule has 33 heavy (non-hydrogen) atoms. The van der Waals surface area contributed by atoms with Gasteiger partial charge in [-0.3, -0.25) is 0 Å². The zero-order valence-electron chi connectivity index (χ0n) is 19.9. The lowest BCUT2D eigenvalue weighted by Crippen LogP contribution is -2.30. The van der Waals surface area contributed by atoms with Gasteiger partial charge in [0.05, 0.1) is 19.8 Å². The number of rotatable bonds is 8. The molecule has 2 aromatic carbocycles. The van der Waals surface area contributed by atoms with Gasteiger partial charge in [-0.2, -0.15) is 4.98 Å². The van der Waals surface area contributed by atoms with Crippen molar-refractivity contribution in [2.75, 3.05) is 28.3 Å². The highest BCUT2D eigenvalue weighted by Gasteiger charge is 2.29. The van der Waals surface area contributed by atoms with E-state index in [2.05, 4.69) is 65.5 Å². The Morgan fingerprint density at radius 1 is 0.970 bits per heavy atom. The van der Waals surface area contributed by atoms with Crippen LogP contribution in [0.15, 0.2) is 59.1 Å². The van der Waals surface area contributed by atoms with Crippen molar-refractivity contribution in [2.24, 2.45) is 11.8 Å². The number of aromatic nitrogens is 2. The third-order valence-corrected chi connectivity index (χ3v) is 6.56. The van der Waals surface area contributed by atoms with E-state index in [4.69, 9.17) is 14.0 Å². The summed E-state index contributed by atoms with van der Waals surface area (Å²) < 4.78 is 16.3. The van der Waals surface area contributed by atoms with E-state index < -0.39 is 0 Å². The Balaban J connectivity index is 1.40. The topological polar surface area (TPSA) is 60.6 Å². The molecule has 6 heteroatoms. The van der Waals surface area contributed by atoms with Crippen LogP contribution in [-0.2, 0) is 0 Å². The van der Waals surface area contributed by atoms with Gasteiger partial charge in [0.15, 0.2) is 11.5 Å². The van der Waals surface area contributed by atoms with Crippen LogP contribution in [0.5, 0.6) is 11.5 Å². The monoisotopic (exact) mass is 447 g/mol. The Hall–Kier alpha value is -3.12. The van der Waals surface area contributed by atoms with Gasteiger partial charge >= 0.3 is 0 Å². The van der Waals surface area contributed by atoms with E-state index in [0.717, 1.165) is 5.56 Å². The maximum atomic E-state index is 5.50. The van der Waals surface area contributed by atoms with Gasteiger partial charge in [-0.15, -0.1) is 0 Å². The van der Waals surface area contributed by atoms with Gasteiger partial charge in [-0.1, -0.05) is 47.6 Å². The highest BCUT2D eigenvalue weighted by Crippen LogP contribution is 2.40. The summed E-state index contributed by atoms with van der Waals surface area (Å²) in [5, 5.41) is 4.14. The predicted octanol–water partition coefficient (Wildman–Crippen LogP) is 5.88. The van der Waals surface area contributed by atoms with Crippen LogP contribution in [0.1, 0.15) is 43.2 Å². The van der Waals surface area contributed by atoms with E-state index in [9.17, 15) is 0 Å². The Kier molecular flexibility index (Phi) is 7.45. The molecule has 1 atom stereocenters. The predicted molar refractivity (Wildman–Crippen MR) is 130 cm³/mol. The van der Waals surface area contributed by atoms with Gasteiger partial charge in [-0.05, 0) is 75.4 Å². The van der Waals surface area contributed by atoms with E-state index in [0.29, 0.717) is 41.1 Å². The average Bonchev–Trinajstić information content (AvgIpc) is 3.32. The number of benzene rings is 2. The first-order valence-corrected chi connectivity index (χ1v) is 11.5. The third kappa shape index (κ3) is 5.28. The molecular formula is C27H33N3O3. The summed E-state index contributed by atoms with van der Waals surface area (Å²) in [7, 11) is 7.60. The quantitative estimate of drug-likeness (QED) is 0.430. The summed E-state index contributed by atoms with van der Waals surface area (Å²) in [6.07, 6.45) is 8.94. The van der Waals surface area contributed by atoms with E-state index in [1.54, 1.807) is 14.2 Å². The fourth-order valence-corrected chi connectivity index (χ4v) is 4.99. The first-order valence-electron chi connectivity index (χ1n) is 11.5. The zero-order chi connectivity index (χ0) is 23.2. The lowest BCUT2D eigenvalue weighted by molar-refractivity contribution is 0.159. The number of methoxy groups -OCH3 is 2. The summed E-state index contributed by atoms with van der Waals surface area (Å²) in [6, 6.07) is 17.0. The highest BCUT2D eigenvalue weighted by molar-refractivity contribution is 5.68. The van der Waals surface area contributed by atoms with Crippen LogP contribution in [-0.4, -0.2) is 43.4 Å². The lowest BCUT2D eigenvalue weighted by Gasteiger charge is -2.37. The molecule has 1 fully saturated rings. The SMILES string of the molecule is COc1cccc(-c2noc(C=CC3CCC(C(c4ccccc4)N(C)C)CC3)n2)c1OC. The third-order valence-electron chi connectivity index (χ3n) is 6.56. The molecule has 4 rings (SSSR count). The molecule has 1 aliphatic rings. The first-order chi connectivity index (χ1) is 16.1. The molecule has 0 N–H and O–H groups in total. The Morgan fingerprint density at radius 3 is 2.39 bits per heavy atom. The standard InChI is InChI=1S/C27H33N3O3/c1-30(2)25(20-9-6-5-7-10-20)21-16-13-19(14-17-21)15-18-24-28-27(29-33-24)22-11-8-12-23(31-3)26(22)32-4/h5-12,15,18-19,21,25H,13-14,16-17H2,1-4H3. The summed E-state index contributed by atoms with van der Waals surface area (Å²) in [5.74, 6) is 3.44. The maximum absolute atomic E-state index is 5.50. The normalized spacial score (nSPS) is 19.7. The van der Waals surface area contributed by atoms with Crippen LogP contribution in [0, 0.1) is 11.8 Å². The van der Waals surface area contributed by atoms with Crippen molar-refractivity contribution in [3.05, 3.63) is 66.1 Å². The minimum atomic E-state index is 0.465. The van der Waals surface area contributed by atoms with Gasteiger partial charge in [0.2, 0.25) is 5.82 Å². The molecule has 6 nitrogen and oxygen atoms in total. The number of nitrogens with zero attached hydrogens (tertiary/aromatic N) is 3. The van der Waals surface area contributed by atoms with E-state index in [-0.39, 0.29) is 0 Å². The molecular weight excluding hydrogens is 414 g/mol. The molecule has 174 valence electrons. The van der Waals surface area contributed by atoms with Crippen molar-refractivity contribution in [3.63, 3.8) is 0 Å². The van der Waals surface area contributed by atoms with Gasteiger partial charge in [0, 0.05) is 6.04 Å². The van der Waals surface area contributed by atoms with Crippen molar-refractivity contribution < 1.29 is 14.0 Å². The minimum absolute atomic E-state index is 0.465. The number of hydrogen-bond donors (Lipinski definition) is 0. The van der Waals surface area contributed by atoms with Crippen molar-refractivity contribution in [2.45, 2.75) is 31.7 Å². The fourth-order valence-electron chi connectivity index (χ4n) is 4.99. The van der Waals surface area contributed by atoms with Crippen LogP contribution >= 0.6 is 0 Å². The molecule has 0 bridgehead atoms. The molecule has 0 saturated heterocycles. The number of allylic oxidation sites excluding steroid dienone is 1. The van der Waals surface area contributed by atoms with Crippen molar-refractivity contribution in [3.8, 4) is 22.9 Å². The van der Waals surface area contributed by atoms with Crippen LogP contribution in [0.2, 0.25) is 0 Å². The number of para-hydroxylation sites is 1. The molecule has 1 heterocycles. The lowest BCUT2D eigenvalue weighted by atomic mass is 9.76. The van der Waals surface area contributed by atoms with Gasteiger partial charge in [-0.25, -0.2) is 0 Å². The van der Waals surface area contributed by atoms with Crippen LogP contribution < -0.4 is 9.47 Å². The zero-order valence-corrected chi connectivity index (χ0v) is 19.9. The Labute approximate surface area is 196 Å².